The first kappa shape index (κ1) is 18.1. The molecule has 0 fully saturated rings. The first-order valence-corrected chi connectivity index (χ1v) is 8.79. The van der Waals surface area contributed by atoms with Crippen molar-refractivity contribution in [1.82, 2.24) is 10.3 Å². The Labute approximate surface area is 145 Å². The van der Waals surface area contributed by atoms with Crippen LogP contribution >= 0.6 is 11.3 Å². The van der Waals surface area contributed by atoms with Crippen molar-refractivity contribution in [1.29, 1.82) is 0 Å². The number of amides is 1. The maximum Gasteiger partial charge on any atom is 0.311 e. The Morgan fingerprint density at radius 1 is 1.21 bits per heavy atom. The molecule has 2 rings (SSSR count). The number of nitrogens with zero attached hydrogens (tertiary/aromatic N) is 1. The molecule has 0 radical (unpaired) electrons. The largest absolute Gasteiger partial charge is 0.481 e. The van der Waals surface area contributed by atoms with Gasteiger partial charge < -0.3 is 10.4 Å². The molecule has 24 heavy (non-hydrogen) atoms. The Hall–Kier alpha value is -2.21. The molecule has 0 unspecified atom stereocenters. The number of carboxylic acid groups (broad SMARTS) is 1. The molecular formula is C18H22N2O3S. The van der Waals surface area contributed by atoms with Crippen molar-refractivity contribution in [3.8, 4) is 10.6 Å². The number of thiazole rings is 1. The van der Waals surface area contributed by atoms with Crippen LogP contribution in [0, 0.1) is 12.3 Å². The van der Waals surface area contributed by atoms with E-state index < -0.39 is 11.4 Å². The summed E-state index contributed by atoms with van der Waals surface area (Å²) in [6.07, 6.45) is 0.937. The normalized spacial score (nSPS) is 11.3. The number of carbonyl (C=O) groups is 2. The number of rotatable bonds is 7. The highest BCUT2D eigenvalue weighted by Gasteiger charge is 2.35. The second-order valence-corrected chi connectivity index (χ2v) is 6.77. The fraction of sp³-hybridized carbons (Fsp3) is 0.389. The lowest BCUT2D eigenvalue weighted by molar-refractivity contribution is -0.149. The van der Waals surface area contributed by atoms with Crippen LogP contribution in [0.5, 0.6) is 0 Å². The standard InChI is InChI=1S/C18H22N2O3S/c1-4-18(5-2,17(22)23)11-19-15(21)14-12(3)20-16(24-14)13-9-7-6-8-10-13/h6-10H,4-5,11H2,1-3H3,(H,19,21)(H,22,23). The van der Waals surface area contributed by atoms with Crippen LogP contribution < -0.4 is 5.32 Å². The summed E-state index contributed by atoms with van der Waals surface area (Å²) < 4.78 is 0. The molecule has 1 amide bonds. The third kappa shape index (κ3) is 3.64. The Bertz CT molecular complexity index is 721. The summed E-state index contributed by atoms with van der Waals surface area (Å²) >= 11 is 1.32. The van der Waals surface area contributed by atoms with Crippen LogP contribution in [0.3, 0.4) is 0 Å². The van der Waals surface area contributed by atoms with Crippen LogP contribution in [0.25, 0.3) is 10.6 Å². The smallest absolute Gasteiger partial charge is 0.311 e. The van der Waals surface area contributed by atoms with Gasteiger partial charge in [-0.25, -0.2) is 4.98 Å². The number of benzene rings is 1. The van der Waals surface area contributed by atoms with Crippen LogP contribution in [-0.2, 0) is 4.79 Å². The van der Waals surface area contributed by atoms with E-state index in [-0.39, 0.29) is 12.5 Å². The molecule has 2 aromatic rings. The van der Waals surface area contributed by atoms with Crippen molar-refractivity contribution in [3.05, 3.63) is 40.9 Å². The van der Waals surface area contributed by atoms with Crippen LogP contribution in [0.2, 0.25) is 0 Å². The zero-order valence-electron chi connectivity index (χ0n) is 14.1. The Kier molecular flexibility index (Phi) is 5.72. The second kappa shape index (κ2) is 7.57. The van der Waals surface area contributed by atoms with Gasteiger partial charge >= 0.3 is 5.97 Å². The van der Waals surface area contributed by atoms with Crippen molar-refractivity contribution in [2.24, 2.45) is 5.41 Å². The van der Waals surface area contributed by atoms with Gasteiger partial charge in [0.25, 0.3) is 5.91 Å². The Balaban J connectivity index is 2.16. The van der Waals surface area contributed by atoms with Gasteiger partial charge in [-0.05, 0) is 19.8 Å². The van der Waals surface area contributed by atoms with E-state index in [9.17, 15) is 14.7 Å². The van der Waals surface area contributed by atoms with Gasteiger partial charge in [-0.3, -0.25) is 9.59 Å². The minimum Gasteiger partial charge on any atom is -0.481 e. The van der Waals surface area contributed by atoms with Crippen molar-refractivity contribution in [2.75, 3.05) is 6.54 Å². The summed E-state index contributed by atoms with van der Waals surface area (Å²) in [5, 5.41) is 13.0. The van der Waals surface area contributed by atoms with Gasteiger partial charge in [0.2, 0.25) is 0 Å². The van der Waals surface area contributed by atoms with E-state index >= 15 is 0 Å². The molecule has 1 heterocycles. The molecule has 0 saturated carbocycles. The quantitative estimate of drug-likeness (QED) is 0.800. The summed E-state index contributed by atoms with van der Waals surface area (Å²) in [4.78, 5) is 29.0. The minimum absolute atomic E-state index is 0.117. The van der Waals surface area contributed by atoms with Crippen LogP contribution in [-0.4, -0.2) is 28.5 Å². The van der Waals surface area contributed by atoms with Crippen molar-refractivity contribution in [3.63, 3.8) is 0 Å². The zero-order chi connectivity index (χ0) is 17.7. The highest BCUT2D eigenvalue weighted by molar-refractivity contribution is 7.17. The number of aliphatic carboxylic acids is 1. The number of hydrogen-bond acceptors (Lipinski definition) is 4. The Morgan fingerprint density at radius 3 is 2.38 bits per heavy atom. The summed E-state index contributed by atoms with van der Waals surface area (Å²) in [7, 11) is 0. The molecule has 128 valence electrons. The number of carboxylic acids is 1. The summed E-state index contributed by atoms with van der Waals surface area (Å²) in [5.74, 6) is -1.14. The van der Waals surface area contributed by atoms with Gasteiger partial charge in [-0.2, -0.15) is 0 Å². The topological polar surface area (TPSA) is 79.3 Å². The van der Waals surface area contributed by atoms with E-state index in [1.807, 2.05) is 44.2 Å². The molecule has 0 aliphatic carbocycles. The van der Waals surface area contributed by atoms with Crippen molar-refractivity contribution < 1.29 is 14.7 Å². The highest BCUT2D eigenvalue weighted by Crippen LogP contribution is 2.29. The predicted molar refractivity (Wildman–Crippen MR) is 95.3 cm³/mol. The van der Waals surface area contributed by atoms with E-state index in [1.54, 1.807) is 6.92 Å². The second-order valence-electron chi connectivity index (χ2n) is 5.77. The van der Waals surface area contributed by atoms with Gasteiger partial charge in [0, 0.05) is 12.1 Å². The summed E-state index contributed by atoms with van der Waals surface area (Å²) in [5.41, 5.74) is 0.702. The van der Waals surface area contributed by atoms with Crippen LogP contribution in [0.4, 0.5) is 0 Å². The number of nitrogens with one attached hydrogen (secondary N) is 1. The maximum absolute atomic E-state index is 12.5. The third-order valence-electron chi connectivity index (χ3n) is 4.42. The SMILES string of the molecule is CCC(CC)(CNC(=O)c1sc(-c2ccccc2)nc1C)C(=O)O. The molecule has 0 spiro atoms. The lowest BCUT2D eigenvalue weighted by atomic mass is 9.82. The van der Waals surface area contributed by atoms with Crippen molar-refractivity contribution in [2.45, 2.75) is 33.6 Å². The maximum atomic E-state index is 12.5. The first-order valence-electron chi connectivity index (χ1n) is 7.98. The molecule has 1 aromatic carbocycles. The Morgan fingerprint density at radius 2 is 1.83 bits per heavy atom. The molecule has 0 aliphatic rings. The summed E-state index contributed by atoms with van der Waals surface area (Å²) in [6, 6.07) is 9.68. The van der Waals surface area contributed by atoms with E-state index in [1.165, 1.54) is 11.3 Å². The highest BCUT2D eigenvalue weighted by atomic mass is 32.1. The van der Waals surface area contributed by atoms with E-state index in [2.05, 4.69) is 10.3 Å². The molecule has 6 heteroatoms. The van der Waals surface area contributed by atoms with Gasteiger partial charge in [0.15, 0.2) is 0 Å². The minimum atomic E-state index is -0.920. The number of aromatic nitrogens is 1. The van der Waals surface area contributed by atoms with Gasteiger partial charge in [-0.15, -0.1) is 11.3 Å². The fourth-order valence-electron chi connectivity index (χ4n) is 2.52. The van der Waals surface area contributed by atoms with E-state index in [4.69, 9.17) is 0 Å². The lowest BCUT2D eigenvalue weighted by Crippen LogP contribution is -2.42. The van der Waals surface area contributed by atoms with Crippen molar-refractivity contribution >= 4 is 23.2 Å². The zero-order valence-corrected chi connectivity index (χ0v) is 14.9. The molecule has 5 nitrogen and oxygen atoms in total. The predicted octanol–water partition coefficient (Wildman–Crippen LogP) is 3.74. The van der Waals surface area contributed by atoms with Gasteiger partial charge in [0.1, 0.15) is 9.88 Å². The molecular weight excluding hydrogens is 324 g/mol. The number of hydrogen-bond donors (Lipinski definition) is 2. The molecule has 0 aliphatic heterocycles. The van der Waals surface area contributed by atoms with E-state index in [0.717, 1.165) is 10.6 Å². The van der Waals surface area contributed by atoms with Crippen LogP contribution in [0.1, 0.15) is 42.1 Å². The average Bonchev–Trinajstić information content (AvgIpc) is 2.98. The number of carbonyl (C=O) groups excluding carboxylic acids is 1. The van der Waals surface area contributed by atoms with Gasteiger partial charge in [0.05, 0.1) is 11.1 Å². The monoisotopic (exact) mass is 346 g/mol. The molecule has 0 saturated heterocycles. The lowest BCUT2D eigenvalue weighted by Gasteiger charge is -2.26. The molecule has 0 bridgehead atoms. The van der Waals surface area contributed by atoms with Crippen LogP contribution in [0.15, 0.2) is 30.3 Å². The third-order valence-corrected chi connectivity index (χ3v) is 5.62. The number of aryl methyl sites for hydroxylation is 1. The van der Waals surface area contributed by atoms with Gasteiger partial charge in [-0.1, -0.05) is 44.2 Å². The molecule has 2 N–H and O–H groups in total. The first-order chi connectivity index (χ1) is 11.4. The molecule has 0 atom stereocenters. The fourth-order valence-corrected chi connectivity index (χ4v) is 3.51. The molecule has 1 aromatic heterocycles. The average molecular weight is 346 g/mol. The summed E-state index contributed by atoms with van der Waals surface area (Å²) in [6.45, 7) is 5.57. The van der Waals surface area contributed by atoms with E-state index in [0.29, 0.717) is 23.4 Å².